The van der Waals surface area contributed by atoms with Gasteiger partial charge in [-0.05, 0) is 36.2 Å². The topological polar surface area (TPSA) is 88.9 Å². The zero-order valence-corrected chi connectivity index (χ0v) is 15.3. The van der Waals surface area contributed by atoms with E-state index in [1.165, 1.54) is 0 Å². The first-order chi connectivity index (χ1) is 13.2. The summed E-state index contributed by atoms with van der Waals surface area (Å²) in [6, 6.07) is 15.4. The van der Waals surface area contributed by atoms with Gasteiger partial charge in [0.05, 0.1) is 12.1 Å². The van der Waals surface area contributed by atoms with Gasteiger partial charge in [-0.3, -0.25) is 9.59 Å². The largest absolute Gasteiger partial charge is 0.354 e. The first-order valence-electron chi connectivity index (χ1n) is 9.09. The molecular weight excluding hydrogens is 342 g/mol. The van der Waals surface area contributed by atoms with E-state index in [0.29, 0.717) is 13.1 Å². The van der Waals surface area contributed by atoms with Crippen molar-refractivity contribution in [1.82, 2.24) is 20.3 Å². The Labute approximate surface area is 157 Å². The normalized spacial score (nSPS) is 10.7. The number of anilines is 1. The van der Waals surface area contributed by atoms with Crippen molar-refractivity contribution in [3.05, 3.63) is 54.1 Å². The molecule has 0 atom stereocenters. The number of aromatic nitrogens is 3. The Morgan fingerprint density at radius 1 is 1.04 bits per heavy atom. The third-order valence-electron chi connectivity index (χ3n) is 4.26. The van der Waals surface area contributed by atoms with Crippen molar-refractivity contribution < 1.29 is 9.59 Å². The number of rotatable bonds is 8. The van der Waals surface area contributed by atoms with Gasteiger partial charge < -0.3 is 10.6 Å². The summed E-state index contributed by atoms with van der Waals surface area (Å²) in [7, 11) is 0. The molecule has 7 nitrogen and oxygen atoms in total. The Bertz CT molecular complexity index is 935. The highest BCUT2D eigenvalue weighted by molar-refractivity contribution is 5.93. The summed E-state index contributed by atoms with van der Waals surface area (Å²) in [5.74, 6) is -0.322. The van der Waals surface area contributed by atoms with E-state index in [0.717, 1.165) is 28.7 Å². The molecule has 0 aliphatic rings. The van der Waals surface area contributed by atoms with E-state index in [4.69, 9.17) is 0 Å². The summed E-state index contributed by atoms with van der Waals surface area (Å²) in [6.45, 7) is 3.03. The highest BCUT2D eigenvalue weighted by atomic mass is 16.2. The van der Waals surface area contributed by atoms with E-state index in [1.807, 2.05) is 48.5 Å². The molecule has 27 heavy (non-hydrogen) atoms. The number of hydrogen-bond acceptors (Lipinski definition) is 4. The zero-order chi connectivity index (χ0) is 19.1. The molecule has 2 aromatic carbocycles. The molecule has 0 aliphatic heterocycles. The van der Waals surface area contributed by atoms with Crippen LogP contribution in [0.5, 0.6) is 0 Å². The van der Waals surface area contributed by atoms with Gasteiger partial charge in [0.2, 0.25) is 11.8 Å². The highest BCUT2D eigenvalue weighted by Gasteiger charge is 2.08. The standard InChI is InChI=1S/C20H23N5O2/c1-2-15-6-5-7-16(14-15)22-20(27)11-10-19(26)21-12-13-25-18-9-4-3-8-17(18)23-24-25/h3-9,14H,2,10-13H2,1H3,(H,21,26)(H,22,27). The molecule has 3 rings (SSSR count). The maximum absolute atomic E-state index is 12.0. The number of fused-ring (bicyclic) bond motifs is 1. The molecule has 0 spiro atoms. The first-order valence-corrected chi connectivity index (χ1v) is 9.09. The van der Waals surface area contributed by atoms with Gasteiger partial charge in [0, 0.05) is 25.1 Å². The predicted octanol–water partition coefficient (Wildman–Crippen LogP) is 2.53. The molecular formula is C20H23N5O2. The van der Waals surface area contributed by atoms with Gasteiger partial charge in [-0.25, -0.2) is 4.68 Å². The lowest BCUT2D eigenvalue weighted by molar-refractivity contribution is -0.124. The number of amides is 2. The number of nitrogens with one attached hydrogen (secondary N) is 2. The molecule has 0 aliphatic carbocycles. The Kier molecular flexibility index (Phi) is 6.14. The number of carbonyl (C=O) groups excluding carboxylic acids is 2. The van der Waals surface area contributed by atoms with Crippen LogP contribution >= 0.6 is 0 Å². The Balaban J connectivity index is 1.39. The van der Waals surface area contributed by atoms with Gasteiger partial charge in [-0.15, -0.1) is 5.10 Å². The van der Waals surface area contributed by atoms with E-state index >= 15 is 0 Å². The fraction of sp³-hybridized carbons (Fsp3) is 0.300. The van der Waals surface area contributed by atoms with E-state index in [9.17, 15) is 9.59 Å². The number of benzene rings is 2. The Hall–Kier alpha value is -3.22. The second-order valence-electron chi connectivity index (χ2n) is 6.25. The van der Waals surface area contributed by atoms with Crippen molar-refractivity contribution in [1.29, 1.82) is 0 Å². The van der Waals surface area contributed by atoms with Gasteiger partial charge in [-0.1, -0.05) is 36.4 Å². The molecule has 7 heteroatoms. The molecule has 140 valence electrons. The zero-order valence-electron chi connectivity index (χ0n) is 15.3. The van der Waals surface area contributed by atoms with E-state index < -0.39 is 0 Å². The lowest BCUT2D eigenvalue weighted by Crippen LogP contribution is -2.28. The molecule has 0 unspecified atom stereocenters. The van der Waals surface area contributed by atoms with Gasteiger partial charge in [-0.2, -0.15) is 0 Å². The van der Waals surface area contributed by atoms with Crippen molar-refractivity contribution >= 4 is 28.5 Å². The van der Waals surface area contributed by atoms with Gasteiger partial charge >= 0.3 is 0 Å². The second kappa shape index (κ2) is 8.93. The minimum absolute atomic E-state index is 0.147. The van der Waals surface area contributed by atoms with Crippen LogP contribution in [0.2, 0.25) is 0 Å². The molecule has 3 aromatic rings. The molecule has 0 saturated heterocycles. The maximum atomic E-state index is 12.0. The van der Waals surface area contributed by atoms with Crippen LogP contribution in [0.4, 0.5) is 5.69 Å². The molecule has 0 bridgehead atoms. The maximum Gasteiger partial charge on any atom is 0.224 e. The molecule has 2 amide bonds. The van der Waals surface area contributed by atoms with Crippen LogP contribution in [0.15, 0.2) is 48.5 Å². The van der Waals surface area contributed by atoms with E-state index in [2.05, 4.69) is 27.9 Å². The molecule has 0 saturated carbocycles. The molecule has 2 N–H and O–H groups in total. The molecule has 0 radical (unpaired) electrons. The summed E-state index contributed by atoms with van der Waals surface area (Å²) >= 11 is 0. The Morgan fingerprint density at radius 2 is 1.85 bits per heavy atom. The number of aryl methyl sites for hydroxylation is 1. The SMILES string of the molecule is CCc1cccc(NC(=O)CCC(=O)NCCn2nnc3ccccc32)c1. The van der Waals surface area contributed by atoms with Crippen LogP contribution in [0, 0.1) is 0 Å². The van der Waals surface area contributed by atoms with Gasteiger partial charge in [0.25, 0.3) is 0 Å². The van der Waals surface area contributed by atoms with Crippen molar-refractivity contribution in [2.24, 2.45) is 0 Å². The number of hydrogen-bond donors (Lipinski definition) is 2. The number of carbonyl (C=O) groups is 2. The summed E-state index contributed by atoms with van der Waals surface area (Å²) in [5.41, 5.74) is 3.68. The molecule has 0 fully saturated rings. The minimum Gasteiger partial charge on any atom is -0.354 e. The smallest absolute Gasteiger partial charge is 0.224 e. The second-order valence-corrected chi connectivity index (χ2v) is 6.25. The predicted molar refractivity (Wildman–Crippen MR) is 104 cm³/mol. The van der Waals surface area contributed by atoms with Crippen LogP contribution in [0.3, 0.4) is 0 Å². The average molecular weight is 365 g/mol. The lowest BCUT2D eigenvalue weighted by Gasteiger charge is -2.08. The quantitative estimate of drug-likeness (QED) is 0.642. The van der Waals surface area contributed by atoms with Crippen molar-refractivity contribution in [2.75, 3.05) is 11.9 Å². The van der Waals surface area contributed by atoms with Gasteiger partial charge in [0.1, 0.15) is 5.52 Å². The van der Waals surface area contributed by atoms with Crippen molar-refractivity contribution in [3.8, 4) is 0 Å². The number of para-hydroxylation sites is 1. The van der Waals surface area contributed by atoms with Gasteiger partial charge in [0.15, 0.2) is 0 Å². The fourth-order valence-electron chi connectivity index (χ4n) is 2.79. The average Bonchev–Trinajstić information content (AvgIpc) is 3.10. The molecule has 1 heterocycles. The monoisotopic (exact) mass is 365 g/mol. The van der Waals surface area contributed by atoms with Crippen molar-refractivity contribution in [2.45, 2.75) is 32.7 Å². The summed E-state index contributed by atoms with van der Waals surface area (Å²) in [6.07, 6.45) is 1.21. The van der Waals surface area contributed by atoms with Crippen LogP contribution in [0.1, 0.15) is 25.3 Å². The van der Waals surface area contributed by atoms with Crippen LogP contribution in [-0.4, -0.2) is 33.4 Å². The summed E-state index contributed by atoms with van der Waals surface area (Å²) < 4.78 is 1.75. The van der Waals surface area contributed by atoms with Crippen molar-refractivity contribution in [3.63, 3.8) is 0 Å². The van der Waals surface area contributed by atoms with E-state index in [1.54, 1.807) is 4.68 Å². The summed E-state index contributed by atoms with van der Waals surface area (Å²) in [5, 5.41) is 13.8. The first kappa shape index (κ1) is 18.6. The van der Waals surface area contributed by atoms with E-state index in [-0.39, 0.29) is 24.7 Å². The minimum atomic E-state index is -0.166. The third kappa shape index (κ3) is 5.13. The number of nitrogens with zero attached hydrogens (tertiary/aromatic N) is 3. The van der Waals surface area contributed by atoms with Crippen LogP contribution in [-0.2, 0) is 22.6 Å². The van der Waals surface area contributed by atoms with Crippen LogP contribution in [0.25, 0.3) is 11.0 Å². The highest BCUT2D eigenvalue weighted by Crippen LogP contribution is 2.12. The fourth-order valence-corrected chi connectivity index (χ4v) is 2.79. The third-order valence-corrected chi connectivity index (χ3v) is 4.26. The lowest BCUT2D eigenvalue weighted by atomic mass is 10.1. The van der Waals surface area contributed by atoms with Crippen LogP contribution < -0.4 is 10.6 Å². The summed E-state index contributed by atoms with van der Waals surface area (Å²) in [4.78, 5) is 24.0. The molecule has 1 aromatic heterocycles. The Morgan fingerprint density at radius 3 is 2.70 bits per heavy atom.